The van der Waals surface area contributed by atoms with E-state index in [1.54, 1.807) is 0 Å². The second kappa shape index (κ2) is 4.91. The quantitative estimate of drug-likeness (QED) is 0.552. The Morgan fingerprint density at radius 1 is 1.56 bits per heavy atom. The minimum Gasteiger partial charge on any atom is -0.431 e. The van der Waals surface area contributed by atoms with Crippen molar-refractivity contribution in [2.24, 2.45) is 17.3 Å². The van der Waals surface area contributed by atoms with Gasteiger partial charge in [-0.25, -0.2) is 0 Å². The molecule has 0 aromatic carbocycles. The van der Waals surface area contributed by atoms with Gasteiger partial charge in [0.1, 0.15) is 5.76 Å². The Kier molecular flexibility index (Phi) is 3.65. The van der Waals surface area contributed by atoms with Gasteiger partial charge in [0.15, 0.2) is 0 Å². The van der Waals surface area contributed by atoms with Crippen molar-refractivity contribution in [3.05, 3.63) is 24.0 Å². The van der Waals surface area contributed by atoms with Crippen molar-refractivity contribution >= 4 is 5.97 Å². The van der Waals surface area contributed by atoms with Crippen LogP contribution in [0.3, 0.4) is 0 Å². The molecule has 1 fully saturated rings. The lowest BCUT2D eigenvalue weighted by atomic mass is 9.78. The summed E-state index contributed by atoms with van der Waals surface area (Å²) in [5.74, 6) is 2.02. The van der Waals surface area contributed by atoms with Gasteiger partial charge in [-0.1, -0.05) is 19.9 Å². The number of carbonyl (C=O) groups is 1. The van der Waals surface area contributed by atoms with E-state index in [0.717, 1.165) is 24.5 Å². The van der Waals surface area contributed by atoms with Gasteiger partial charge < -0.3 is 4.74 Å². The average Bonchev–Trinajstić information content (AvgIpc) is 3.00. The van der Waals surface area contributed by atoms with Gasteiger partial charge in [-0.15, -0.1) is 6.58 Å². The number of allylic oxidation sites excluding steroid dienone is 3. The van der Waals surface area contributed by atoms with Crippen LogP contribution in [0.15, 0.2) is 24.0 Å². The van der Waals surface area contributed by atoms with Gasteiger partial charge in [-0.2, -0.15) is 0 Å². The second-order valence-corrected chi connectivity index (χ2v) is 6.54. The molecule has 0 spiro atoms. The van der Waals surface area contributed by atoms with Gasteiger partial charge in [-0.05, 0) is 49.0 Å². The summed E-state index contributed by atoms with van der Waals surface area (Å²) in [7, 11) is 0. The van der Waals surface area contributed by atoms with Gasteiger partial charge in [0.2, 0.25) is 0 Å². The Bertz CT molecular complexity index is 390. The first-order valence-corrected chi connectivity index (χ1v) is 6.94. The van der Waals surface area contributed by atoms with E-state index in [4.69, 9.17) is 4.74 Å². The predicted octanol–water partition coefficient (Wildman–Crippen LogP) is 4.23. The Labute approximate surface area is 110 Å². The molecule has 2 heteroatoms. The number of fused-ring (bicyclic) bond motifs is 1. The molecule has 2 aliphatic rings. The fraction of sp³-hybridized carbons (Fsp3) is 0.688. The standard InChI is InChI=1S/C16H24O2/c1-5-6-13-10-16(3,4)8-7-12-9-14(12)15(13)18-11(2)17/h5,12,14H,1,6-10H2,2-4H3/b15-13+. The van der Waals surface area contributed by atoms with Crippen LogP contribution in [0.25, 0.3) is 0 Å². The molecule has 0 radical (unpaired) electrons. The second-order valence-electron chi connectivity index (χ2n) is 6.54. The van der Waals surface area contributed by atoms with E-state index in [1.807, 2.05) is 6.08 Å². The van der Waals surface area contributed by atoms with Crippen molar-refractivity contribution in [2.45, 2.75) is 52.9 Å². The van der Waals surface area contributed by atoms with E-state index >= 15 is 0 Å². The lowest BCUT2D eigenvalue weighted by Crippen LogP contribution is -2.18. The fourth-order valence-electron chi connectivity index (χ4n) is 3.13. The Morgan fingerprint density at radius 2 is 2.28 bits per heavy atom. The van der Waals surface area contributed by atoms with Gasteiger partial charge >= 0.3 is 5.97 Å². The number of hydrogen-bond acceptors (Lipinski definition) is 2. The molecule has 0 aromatic heterocycles. The van der Waals surface area contributed by atoms with Crippen LogP contribution in [0.1, 0.15) is 52.9 Å². The summed E-state index contributed by atoms with van der Waals surface area (Å²) in [5, 5.41) is 0. The summed E-state index contributed by atoms with van der Waals surface area (Å²) < 4.78 is 5.53. The Morgan fingerprint density at radius 3 is 2.89 bits per heavy atom. The number of esters is 1. The molecule has 0 N–H and O–H groups in total. The minimum atomic E-state index is -0.185. The van der Waals surface area contributed by atoms with Crippen molar-refractivity contribution < 1.29 is 9.53 Å². The van der Waals surface area contributed by atoms with E-state index in [1.165, 1.54) is 31.8 Å². The van der Waals surface area contributed by atoms with E-state index in [2.05, 4.69) is 20.4 Å². The topological polar surface area (TPSA) is 26.3 Å². The van der Waals surface area contributed by atoms with Gasteiger partial charge in [0.25, 0.3) is 0 Å². The molecule has 0 amide bonds. The van der Waals surface area contributed by atoms with Crippen LogP contribution >= 0.6 is 0 Å². The Balaban J connectivity index is 2.31. The largest absolute Gasteiger partial charge is 0.431 e. The number of ether oxygens (including phenoxy) is 1. The summed E-state index contributed by atoms with van der Waals surface area (Å²) in [4.78, 5) is 11.3. The molecule has 0 bridgehead atoms. The van der Waals surface area contributed by atoms with E-state index < -0.39 is 0 Å². The third kappa shape index (κ3) is 3.04. The number of rotatable bonds is 3. The third-order valence-electron chi connectivity index (χ3n) is 4.14. The molecule has 2 atom stereocenters. The molecule has 1 saturated carbocycles. The summed E-state index contributed by atoms with van der Waals surface area (Å²) >= 11 is 0. The summed E-state index contributed by atoms with van der Waals surface area (Å²) in [5.41, 5.74) is 1.59. The molecule has 2 aliphatic carbocycles. The highest BCUT2D eigenvalue weighted by Gasteiger charge is 2.45. The highest BCUT2D eigenvalue weighted by molar-refractivity contribution is 5.67. The number of hydrogen-bond donors (Lipinski definition) is 0. The predicted molar refractivity (Wildman–Crippen MR) is 72.8 cm³/mol. The monoisotopic (exact) mass is 248 g/mol. The van der Waals surface area contributed by atoms with Crippen LogP contribution in [-0.2, 0) is 9.53 Å². The zero-order valence-corrected chi connectivity index (χ0v) is 11.8. The van der Waals surface area contributed by atoms with Crippen LogP contribution in [-0.4, -0.2) is 5.97 Å². The van der Waals surface area contributed by atoms with E-state index in [9.17, 15) is 4.79 Å². The van der Waals surface area contributed by atoms with Crippen LogP contribution in [0.5, 0.6) is 0 Å². The zero-order valence-electron chi connectivity index (χ0n) is 11.8. The van der Waals surface area contributed by atoms with Crippen LogP contribution < -0.4 is 0 Å². The van der Waals surface area contributed by atoms with Crippen molar-refractivity contribution in [1.82, 2.24) is 0 Å². The van der Waals surface area contributed by atoms with Crippen molar-refractivity contribution in [2.75, 3.05) is 0 Å². The fourth-order valence-corrected chi connectivity index (χ4v) is 3.13. The van der Waals surface area contributed by atoms with Crippen LogP contribution in [0.4, 0.5) is 0 Å². The molecule has 0 saturated heterocycles. The van der Waals surface area contributed by atoms with Gasteiger partial charge in [0, 0.05) is 12.8 Å². The smallest absolute Gasteiger partial charge is 0.307 e. The van der Waals surface area contributed by atoms with Gasteiger partial charge in [-0.3, -0.25) is 4.79 Å². The molecule has 0 aliphatic heterocycles. The van der Waals surface area contributed by atoms with Crippen molar-refractivity contribution in [1.29, 1.82) is 0 Å². The molecule has 18 heavy (non-hydrogen) atoms. The van der Waals surface area contributed by atoms with Crippen LogP contribution in [0.2, 0.25) is 0 Å². The summed E-state index contributed by atoms with van der Waals surface area (Å²) in [6.07, 6.45) is 7.51. The molecular formula is C16H24O2. The molecule has 2 nitrogen and oxygen atoms in total. The molecule has 0 heterocycles. The molecule has 100 valence electrons. The third-order valence-corrected chi connectivity index (χ3v) is 4.14. The average molecular weight is 248 g/mol. The number of carbonyl (C=O) groups excluding carboxylic acids is 1. The van der Waals surface area contributed by atoms with Crippen LogP contribution in [0, 0.1) is 17.3 Å². The zero-order chi connectivity index (χ0) is 13.3. The first kappa shape index (κ1) is 13.4. The molecule has 2 unspecified atom stereocenters. The lowest BCUT2D eigenvalue weighted by molar-refractivity contribution is -0.137. The minimum absolute atomic E-state index is 0.185. The van der Waals surface area contributed by atoms with Crippen molar-refractivity contribution in [3.8, 4) is 0 Å². The van der Waals surface area contributed by atoms with E-state index in [0.29, 0.717) is 11.3 Å². The molecule has 0 aromatic rings. The molecular weight excluding hydrogens is 224 g/mol. The summed E-state index contributed by atoms with van der Waals surface area (Å²) in [6.45, 7) is 9.95. The SMILES string of the molecule is C=CC/C1=C(\OC(C)=O)C2CC2CCC(C)(C)C1. The van der Waals surface area contributed by atoms with E-state index in [-0.39, 0.29) is 5.97 Å². The maximum atomic E-state index is 11.3. The first-order valence-electron chi connectivity index (χ1n) is 6.94. The normalized spacial score (nSPS) is 33.9. The maximum Gasteiger partial charge on any atom is 0.307 e. The van der Waals surface area contributed by atoms with Gasteiger partial charge in [0.05, 0.1) is 0 Å². The maximum absolute atomic E-state index is 11.3. The van der Waals surface area contributed by atoms with Crippen molar-refractivity contribution in [3.63, 3.8) is 0 Å². The highest BCUT2D eigenvalue weighted by atomic mass is 16.5. The molecule has 2 rings (SSSR count). The first-order chi connectivity index (χ1) is 8.43. The highest BCUT2D eigenvalue weighted by Crippen LogP contribution is 2.53. The summed E-state index contributed by atoms with van der Waals surface area (Å²) in [6, 6.07) is 0. The Hall–Kier alpha value is -1.05. The lowest BCUT2D eigenvalue weighted by Gasteiger charge is -2.29.